The predicted octanol–water partition coefficient (Wildman–Crippen LogP) is 2.05. The fourth-order valence-electron chi connectivity index (χ4n) is 2.13. The van der Waals surface area contributed by atoms with Gasteiger partial charge >= 0.3 is 0 Å². The van der Waals surface area contributed by atoms with Crippen molar-refractivity contribution in [2.24, 2.45) is 0 Å². The summed E-state index contributed by atoms with van der Waals surface area (Å²) in [5.74, 6) is 0.590. The van der Waals surface area contributed by atoms with Gasteiger partial charge in [0.1, 0.15) is 0 Å². The van der Waals surface area contributed by atoms with Gasteiger partial charge in [0.05, 0.1) is 18.0 Å². The number of tetrazole rings is 1. The Balaban J connectivity index is 1.67. The second-order valence-electron chi connectivity index (χ2n) is 5.18. The van der Waals surface area contributed by atoms with Crippen molar-refractivity contribution < 1.29 is 4.79 Å². The Morgan fingerprint density at radius 3 is 2.95 bits per heavy atom. The van der Waals surface area contributed by atoms with Crippen molar-refractivity contribution in [2.45, 2.75) is 44.7 Å². The van der Waals surface area contributed by atoms with E-state index < -0.39 is 0 Å². The molecule has 0 spiro atoms. The van der Waals surface area contributed by atoms with E-state index in [-0.39, 0.29) is 17.9 Å². The van der Waals surface area contributed by atoms with E-state index in [0.29, 0.717) is 6.04 Å². The van der Waals surface area contributed by atoms with Gasteiger partial charge in [-0.3, -0.25) is 4.79 Å². The number of carbonyl (C=O) groups excluding carboxylic acids is 1. The molecule has 0 radical (unpaired) electrons. The lowest BCUT2D eigenvalue weighted by atomic mass is 10.1. The van der Waals surface area contributed by atoms with Crippen molar-refractivity contribution in [2.75, 3.05) is 0 Å². The van der Waals surface area contributed by atoms with E-state index in [1.54, 1.807) is 11.3 Å². The Morgan fingerprint density at radius 1 is 1.50 bits per heavy atom. The zero-order chi connectivity index (χ0) is 14.1. The van der Waals surface area contributed by atoms with E-state index in [4.69, 9.17) is 0 Å². The molecule has 2 atom stereocenters. The van der Waals surface area contributed by atoms with Crippen molar-refractivity contribution in [1.29, 1.82) is 0 Å². The van der Waals surface area contributed by atoms with E-state index in [1.165, 1.54) is 0 Å². The van der Waals surface area contributed by atoms with Crippen LogP contribution in [0.2, 0.25) is 0 Å². The van der Waals surface area contributed by atoms with Crippen LogP contribution >= 0.6 is 11.3 Å². The summed E-state index contributed by atoms with van der Waals surface area (Å²) < 4.78 is 1.83. The summed E-state index contributed by atoms with van der Waals surface area (Å²) >= 11 is 1.60. The zero-order valence-electron chi connectivity index (χ0n) is 11.5. The third-order valence-corrected chi connectivity index (χ3v) is 4.58. The molecule has 20 heavy (non-hydrogen) atoms. The maximum Gasteiger partial charge on any atom is 0.228 e. The number of nitrogens with one attached hydrogen (secondary N) is 1. The molecule has 0 aromatic carbocycles. The van der Waals surface area contributed by atoms with Gasteiger partial charge in [0.15, 0.2) is 5.82 Å². The van der Waals surface area contributed by atoms with Crippen LogP contribution in [0.1, 0.15) is 55.4 Å². The summed E-state index contributed by atoms with van der Waals surface area (Å²) in [6.07, 6.45) is 2.23. The molecule has 2 heterocycles. The Hall–Kier alpha value is -1.76. The van der Waals surface area contributed by atoms with Gasteiger partial charge in [-0.1, -0.05) is 6.07 Å². The first-order chi connectivity index (χ1) is 9.66. The second kappa shape index (κ2) is 5.32. The summed E-state index contributed by atoms with van der Waals surface area (Å²) in [6.45, 7) is 3.83. The minimum Gasteiger partial charge on any atom is -0.346 e. The maximum atomic E-state index is 12.3. The number of rotatable bonds is 5. The van der Waals surface area contributed by atoms with Crippen LogP contribution in [0.3, 0.4) is 0 Å². The average Bonchev–Trinajstić information content (AvgIpc) is 2.97. The van der Waals surface area contributed by atoms with Gasteiger partial charge in [-0.2, -0.15) is 0 Å². The van der Waals surface area contributed by atoms with Crippen LogP contribution in [-0.2, 0) is 4.79 Å². The SMILES string of the molecule is C[C@H](NC(=O)[C@H](C)c1cccs1)c1nnnn1C1CC1. The highest BCUT2D eigenvalue weighted by molar-refractivity contribution is 7.10. The topological polar surface area (TPSA) is 72.7 Å². The van der Waals surface area contributed by atoms with Crippen LogP contribution in [0, 0.1) is 0 Å². The van der Waals surface area contributed by atoms with Gasteiger partial charge in [-0.15, -0.1) is 16.4 Å². The first kappa shape index (κ1) is 13.2. The number of amides is 1. The van der Waals surface area contributed by atoms with Gasteiger partial charge < -0.3 is 5.32 Å². The molecule has 1 saturated carbocycles. The quantitative estimate of drug-likeness (QED) is 0.915. The Bertz CT molecular complexity index is 590. The fraction of sp³-hybridized carbons (Fsp3) is 0.538. The predicted molar refractivity (Wildman–Crippen MR) is 75.4 cm³/mol. The highest BCUT2D eigenvalue weighted by Crippen LogP contribution is 2.35. The normalized spacial score (nSPS) is 17.7. The van der Waals surface area contributed by atoms with Crippen molar-refractivity contribution in [3.05, 3.63) is 28.2 Å². The van der Waals surface area contributed by atoms with Crippen molar-refractivity contribution in [3.63, 3.8) is 0 Å². The first-order valence-electron chi connectivity index (χ1n) is 6.78. The third kappa shape index (κ3) is 2.58. The molecule has 1 N–H and O–H groups in total. The van der Waals surface area contributed by atoms with Crippen LogP contribution < -0.4 is 5.32 Å². The van der Waals surface area contributed by atoms with E-state index in [2.05, 4.69) is 20.8 Å². The van der Waals surface area contributed by atoms with Gasteiger partial charge in [-0.25, -0.2) is 4.68 Å². The van der Waals surface area contributed by atoms with Crippen LogP contribution in [0.15, 0.2) is 17.5 Å². The maximum absolute atomic E-state index is 12.3. The Morgan fingerprint density at radius 2 is 2.30 bits per heavy atom. The van der Waals surface area contributed by atoms with E-state index in [9.17, 15) is 4.79 Å². The van der Waals surface area contributed by atoms with Crippen LogP contribution in [0.5, 0.6) is 0 Å². The molecule has 0 saturated heterocycles. The Labute approximate surface area is 121 Å². The molecule has 1 aliphatic rings. The molecule has 0 bridgehead atoms. The fourth-order valence-corrected chi connectivity index (χ4v) is 2.92. The van der Waals surface area contributed by atoms with Crippen LogP contribution in [0.4, 0.5) is 0 Å². The van der Waals surface area contributed by atoms with Crippen LogP contribution in [-0.4, -0.2) is 26.1 Å². The average molecular weight is 291 g/mol. The minimum absolute atomic E-state index is 0.00490. The molecular formula is C13H17N5OS. The minimum atomic E-state index is -0.180. The summed E-state index contributed by atoms with van der Waals surface area (Å²) in [5.41, 5.74) is 0. The van der Waals surface area contributed by atoms with Gasteiger partial charge in [0, 0.05) is 4.88 Å². The number of hydrogen-bond donors (Lipinski definition) is 1. The highest BCUT2D eigenvalue weighted by atomic mass is 32.1. The molecule has 2 aromatic rings. The second-order valence-corrected chi connectivity index (χ2v) is 6.16. The third-order valence-electron chi connectivity index (χ3n) is 3.52. The molecule has 6 nitrogen and oxygen atoms in total. The Kier molecular flexibility index (Phi) is 3.52. The number of aromatic nitrogens is 4. The van der Waals surface area contributed by atoms with Crippen LogP contribution in [0.25, 0.3) is 0 Å². The number of hydrogen-bond acceptors (Lipinski definition) is 5. The highest BCUT2D eigenvalue weighted by Gasteiger charge is 2.30. The van der Waals surface area contributed by atoms with E-state index in [1.807, 2.05) is 36.0 Å². The number of thiophene rings is 1. The molecule has 3 rings (SSSR count). The van der Waals surface area contributed by atoms with E-state index >= 15 is 0 Å². The van der Waals surface area contributed by atoms with Crippen molar-refractivity contribution in [3.8, 4) is 0 Å². The molecule has 0 aliphatic heterocycles. The lowest BCUT2D eigenvalue weighted by Crippen LogP contribution is -2.31. The van der Waals surface area contributed by atoms with Gasteiger partial charge in [0.2, 0.25) is 5.91 Å². The summed E-state index contributed by atoms with van der Waals surface area (Å²) in [4.78, 5) is 13.3. The molecule has 7 heteroatoms. The van der Waals surface area contributed by atoms with Gasteiger partial charge in [-0.05, 0) is 48.6 Å². The smallest absolute Gasteiger partial charge is 0.228 e. The molecular weight excluding hydrogens is 274 g/mol. The lowest BCUT2D eigenvalue weighted by Gasteiger charge is -2.16. The molecule has 1 fully saturated rings. The molecule has 0 unspecified atom stereocenters. The molecule has 1 aliphatic carbocycles. The molecule has 1 amide bonds. The molecule has 106 valence electrons. The van der Waals surface area contributed by atoms with Gasteiger partial charge in [0.25, 0.3) is 0 Å². The van der Waals surface area contributed by atoms with Crippen molar-refractivity contribution in [1.82, 2.24) is 25.5 Å². The monoisotopic (exact) mass is 291 g/mol. The summed E-state index contributed by atoms with van der Waals surface area (Å²) in [7, 11) is 0. The standard InChI is InChI=1S/C13H17N5OS/c1-8(11-4-3-7-20-11)13(19)14-9(2)12-15-16-17-18(12)10-5-6-10/h3-4,7-10H,5-6H2,1-2H3,(H,14,19)/t8-,9+/m1/s1. The largest absolute Gasteiger partial charge is 0.346 e. The lowest BCUT2D eigenvalue weighted by molar-refractivity contribution is -0.122. The zero-order valence-corrected chi connectivity index (χ0v) is 12.3. The van der Waals surface area contributed by atoms with Crippen molar-refractivity contribution >= 4 is 17.2 Å². The molecule has 2 aromatic heterocycles. The first-order valence-corrected chi connectivity index (χ1v) is 7.66. The summed E-state index contributed by atoms with van der Waals surface area (Å²) in [5, 5.41) is 16.8. The van der Waals surface area contributed by atoms with E-state index in [0.717, 1.165) is 23.5 Å². The number of carbonyl (C=O) groups is 1. The number of nitrogens with zero attached hydrogens (tertiary/aromatic N) is 4. The summed E-state index contributed by atoms with van der Waals surface area (Å²) in [6, 6.07) is 4.17.